The van der Waals surface area contributed by atoms with Gasteiger partial charge in [0.1, 0.15) is 0 Å². The number of hydrogen-bond donors (Lipinski definition) is 0. The van der Waals surface area contributed by atoms with Crippen molar-refractivity contribution in [3.8, 4) is 0 Å². The molecule has 17 heavy (non-hydrogen) atoms. The van der Waals surface area contributed by atoms with E-state index in [9.17, 15) is 0 Å². The average Bonchev–Trinajstić information content (AvgIpc) is 2.54. The van der Waals surface area contributed by atoms with E-state index in [0.29, 0.717) is 0 Å². The quantitative estimate of drug-likeness (QED) is 0.811. The van der Waals surface area contributed by atoms with Crippen LogP contribution in [0.4, 0.5) is 0 Å². The lowest BCUT2D eigenvalue weighted by Gasteiger charge is -2.28. The third kappa shape index (κ3) is 3.68. The molecule has 2 heterocycles. The van der Waals surface area contributed by atoms with Crippen molar-refractivity contribution in [2.45, 2.75) is 51.6 Å². The summed E-state index contributed by atoms with van der Waals surface area (Å²) in [7, 11) is 0. The van der Waals surface area contributed by atoms with Gasteiger partial charge < -0.3 is 0 Å². The zero-order chi connectivity index (χ0) is 12.1. The van der Waals surface area contributed by atoms with Gasteiger partial charge in [-0.05, 0) is 37.9 Å². The molecule has 0 N–H and O–H groups in total. The second-order valence-corrected chi connectivity index (χ2v) is 5.28. The summed E-state index contributed by atoms with van der Waals surface area (Å²) in [6, 6.07) is 4.54. The van der Waals surface area contributed by atoms with Gasteiger partial charge in [0.2, 0.25) is 0 Å². The number of aromatic nitrogens is 1. The topological polar surface area (TPSA) is 16.1 Å². The first-order chi connectivity index (χ1) is 8.29. The molecule has 0 saturated carbocycles. The van der Waals surface area contributed by atoms with Crippen LogP contribution in [0.1, 0.15) is 44.7 Å². The van der Waals surface area contributed by atoms with E-state index in [0.717, 1.165) is 23.3 Å². The highest BCUT2D eigenvalue weighted by Gasteiger charge is 2.19. The van der Waals surface area contributed by atoms with Crippen LogP contribution >= 0.6 is 11.6 Å². The van der Waals surface area contributed by atoms with Crippen molar-refractivity contribution in [1.29, 1.82) is 0 Å². The van der Waals surface area contributed by atoms with Crippen molar-refractivity contribution in [2.24, 2.45) is 0 Å². The van der Waals surface area contributed by atoms with Gasteiger partial charge in [0, 0.05) is 23.8 Å². The maximum absolute atomic E-state index is 6.01. The van der Waals surface area contributed by atoms with Crippen LogP contribution in [0.3, 0.4) is 0 Å². The Morgan fingerprint density at radius 3 is 3.06 bits per heavy atom. The van der Waals surface area contributed by atoms with Crippen LogP contribution in [0, 0.1) is 0 Å². The standard InChI is InChI=1S/C14H21ClN2/c1-2-14-6-4-3-5-9-17(14)11-13-10-12(15)7-8-16-13/h7-8,10,14H,2-6,9,11H2,1H3. The largest absolute Gasteiger partial charge is 0.295 e. The Bertz CT molecular complexity index is 354. The zero-order valence-corrected chi connectivity index (χ0v) is 11.3. The molecule has 1 aliphatic rings. The van der Waals surface area contributed by atoms with Gasteiger partial charge in [-0.1, -0.05) is 31.4 Å². The lowest BCUT2D eigenvalue weighted by Crippen LogP contribution is -2.34. The Labute approximate surface area is 109 Å². The van der Waals surface area contributed by atoms with Gasteiger partial charge in [0.15, 0.2) is 0 Å². The first-order valence-electron chi connectivity index (χ1n) is 6.64. The fraction of sp³-hybridized carbons (Fsp3) is 0.643. The second-order valence-electron chi connectivity index (χ2n) is 4.85. The number of likely N-dealkylation sites (tertiary alicyclic amines) is 1. The molecule has 0 radical (unpaired) electrons. The molecule has 1 fully saturated rings. The van der Waals surface area contributed by atoms with E-state index in [1.165, 1.54) is 38.6 Å². The first kappa shape index (κ1) is 12.8. The summed E-state index contributed by atoms with van der Waals surface area (Å²) in [5.41, 5.74) is 1.10. The van der Waals surface area contributed by atoms with Crippen LogP contribution in [0.2, 0.25) is 5.02 Å². The summed E-state index contributed by atoms with van der Waals surface area (Å²) in [4.78, 5) is 6.98. The van der Waals surface area contributed by atoms with Crippen LogP contribution in [0.25, 0.3) is 0 Å². The number of hydrogen-bond acceptors (Lipinski definition) is 2. The molecule has 94 valence electrons. The van der Waals surface area contributed by atoms with Crippen molar-refractivity contribution < 1.29 is 0 Å². The fourth-order valence-electron chi connectivity index (χ4n) is 2.65. The summed E-state index contributed by atoms with van der Waals surface area (Å²) < 4.78 is 0. The minimum atomic E-state index is 0.721. The molecule has 1 aromatic rings. The third-order valence-corrected chi connectivity index (χ3v) is 3.85. The number of halogens is 1. The van der Waals surface area contributed by atoms with Gasteiger partial charge >= 0.3 is 0 Å². The Morgan fingerprint density at radius 2 is 2.29 bits per heavy atom. The normalized spacial score (nSPS) is 22.4. The molecule has 1 aliphatic heterocycles. The van der Waals surface area contributed by atoms with Crippen molar-refractivity contribution in [2.75, 3.05) is 6.54 Å². The van der Waals surface area contributed by atoms with E-state index in [1.807, 2.05) is 12.1 Å². The van der Waals surface area contributed by atoms with Crippen molar-refractivity contribution in [3.05, 3.63) is 29.0 Å². The maximum Gasteiger partial charge on any atom is 0.0558 e. The molecule has 0 aromatic carbocycles. The van der Waals surface area contributed by atoms with Crippen LogP contribution in [-0.4, -0.2) is 22.5 Å². The minimum Gasteiger partial charge on any atom is -0.295 e. The Morgan fingerprint density at radius 1 is 1.41 bits per heavy atom. The van der Waals surface area contributed by atoms with E-state index in [1.54, 1.807) is 6.20 Å². The van der Waals surface area contributed by atoms with E-state index in [-0.39, 0.29) is 0 Å². The summed E-state index contributed by atoms with van der Waals surface area (Å²) >= 11 is 6.01. The summed E-state index contributed by atoms with van der Waals surface area (Å²) in [5, 5.41) is 0.790. The predicted octanol–water partition coefficient (Wildman–Crippen LogP) is 3.89. The summed E-state index contributed by atoms with van der Waals surface area (Å²) in [6.07, 6.45) is 8.43. The zero-order valence-electron chi connectivity index (χ0n) is 10.5. The van der Waals surface area contributed by atoms with Gasteiger partial charge in [-0.3, -0.25) is 9.88 Å². The summed E-state index contributed by atoms with van der Waals surface area (Å²) in [6.45, 7) is 4.43. The molecule has 0 amide bonds. The number of pyridine rings is 1. The smallest absolute Gasteiger partial charge is 0.0558 e. The Hall–Kier alpha value is -0.600. The SMILES string of the molecule is CCC1CCCCCN1Cc1cc(Cl)ccn1. The van der Waals surface area contributed by atoms with Crippen LogP contribution in [0.15, 0.2) is 18.3 Å². The highest BCUT2D eigenvalue weighted by atomic mass is 35.5. The van der Waals surface area contributed by atoms with Gasteiger partial charge in [-0.15, -0.1) is 0 Å². The van der Waals surface area contributed by atoms with E-state index < -0.39 is 0 Å². The molecule has 1 unspecified atom stereocenters. The highest BCUT2D eigenvalue weighted by Crippen LogP contribution is 2.21. The van der Waals surface area contributed by atoms with Gasteiger partial charge in [-0.2, -0.15) is 0 Å². The lowest BCUT2D eigenvalue weighted by atomic mass is 10.1. The molecule has 0 spiro atoms. The van der Waals surface area contributed by atoms with Crippen LogP contribution < -0.4 is 0 Å². The average molecular weight is 253 g/mol. The molecule has 1 atom stereocenters. The van der Waals surface area contributed by atoms with E-state index in [4.69, 9.17) is 11.6 Å². The molecular formula is C14H21ClN2. The van der Waals surface area contributed by atoms with Gasteiger partial charge in [-0.25, -0.2) is 0 Å². The van der Waals surface area contributed by atoms with E-state index >= 15 is 0 Å². The van der Waals surface area contributed by atoms with Crippen LogP contribution in [-0.2, 0) is 6.54 Å². The molecule has 3 heteroatoms. The second kappa shape index (κ2) is 6.36. The molecule has 2 rings (SSSR count). The van der Waals surface area contributed by atoms with Crippen LogP contribution in [0.5, 0.6) is 0 Å². The molecule has 1 aromatic heterocycles. The van der Waals surface area contributed by atoms with Gasteiger partial charge in [0.25, 0.3) is 0 Å². The summed E-state index contributed by atoms with van der Waals surface area (Å²) in [5.74, 6) is 0. The number of rotatable bonds is 3. The van der Waals surface area contributed by atoms with Gasteiger partial charge in [0.05, 0.1) is 5.69 Å². The van der Waals surface area contributed by atoms with E-state index in [2.05, 4.69) is 16.8 Å². The fourth-order valence-corrected chi connectivity index (χ4v) is 2.83. The predicted molar refractivity (Wildman–Crippen MR) is 72.2 cm³/mol. The van der Waals surface area contributed by atoms with Crippen molar-refractivity contribution in [3.63, 3.8) is 0 Å². The Kier molecular flexibility index (Phi) is 4.81. The lowest BCUT2D eigenvalue weighted by molar-refractivity contribution is 0.184. The molecule has 0 bridgehead atoms. The minimum absolute atomic E-state index is 0.721. The molecular weight excluding hydrogens is 232 g/mol. The number of nitrogens with zero attached hydrogens (tertiary/aromatic N) is 2. The Balaban J connectivity index is 2.04. The molecule has 0 aliphatic carbocycles. The highest BCUT2D eigenvalue weighted by molar-refractivity contribution is 6.30. The maximum atomic E-state index is 6.01. The van der Waals surface area contributed by atoms with Crippen molar-refractivity contribution in [1.82, 2.24) is 9.88 Å². The monoisotopic (exact) mass is 252 g/mol. The van der Waals surface area contributed by atoms with Crippen molar-refractivity contribution >= 4 is 11.6 Å². The molecule has 1 saturated heterocycles. The first-order valence-corrected chi connectivity index (χ1v) is 7.02. The third-order valence-electron chi connectivity index (χ3n) is 3.61. The molecule has 2 nitrogen and oxygen atoms in total.